The van der Waals surface area contributed by atoms with Crippen molar-refractivity contribution in [2.75, 3.05) is 14.2 Å². The maximum Gasteiger partial charge on any atom is 0.338 e. The molecule has 29 heavy (non-hydrogen) atoms. The number of rotatable bonds is 6. The van der Waals surface area contributed by atoms with Gasteiger partial charge in [-0.25, -0.2) is 4.79 Å². The van der Waals surface area contributed by atoms with Gasteiger partial charge in [0.2, 0.25) is 0 Å². The molecule has 4 atom stereocenters. The highest BCUT2D eigenvalue weighted by molar-refractivity contribution is 5.90. The molecule has 6 nitrogen and oxygen atoms in total. The van der Waals surface area contributed by atoms with Crippen molar-refractivity contribution in [3.05, 3.63) is 60.2 Å². The van der Waals surface area contributed by atoms with Crippen molar-refractivity contribution in [3.8, 4) is 11.1 Å². The second-order valence-corrected chi connectivity index (χ2v) is 7.44. The van der Waals surface area contributed by atoms with Crippen molar-refractivity contribution in [3.63, 3.8) is 0 Å². The Balaban J connectivity index is 1.49. The molecule has 1 aliphatic carbocycles. The maximum atomic E-state index is 12.8. The van der Waals surface area contributed by atoms with Gasteiger partial charge in [0.05, 0.1) is 17.9 Å². The molecule has 2 fully saturated rings. The molecule has 0 unspecified atom stereocenters. The monoisotopic (exact) mass is 396 g/mol. The summed E-state index contributed by atoms with van der Waals surface area (Å²) in [5.74, 6) is -0.964. The Hall–Kier alpha value is -2.70. The van der Waals surface area contributed by atoms with E-state index in [9.17, 15) is 9.59 Å². The fourth-order valence-electron chi connectivity index (χ4n) is 4.45. The van der Waals surface area contributed by atoms with Gasteiger partial charge in [-0.2, -0.15) is 0 Å². The first-order valence-electron chi connectivity index (χ1n) is 9.72. The third-order valence-electron chi connectivity index (χ3n) is 5.82. The Labute approximate surface area is 169 Å². The second kappa shape index (κ2) is 8.35. The average molecular weight is 396 g/mol. The Kier molecular flexibility index (Phi) is 5.65. The maximum absolute atomic E-state index is 12.8. The van der Waals surface area contributed by atoms with Crippen molar-refractivity contribution < 1.29 is 28.5 Å². The SMILES string of the molecule is COC(OC)[C@@H]1[C@H]2CC(=O)O[C@H]2C[C@@H]1OC(=O)c1ccc(-c2ccccc2)cc1. The molecule has 0 amide bonds. The molecule has 0 aromatic heterocycles. The van der Waals surface area contributed by atoms with Gasteiger partial charge in [-0.3, -0.25) is 4.79 Å². The molecule has 0 spiro atoms. The Bertz CT molecular complexity index is 859. The molecule has 2 aromatic carbocycles. The van der Waals surface area contributed by atoms with Crippen molar-refractivity contribution >= 4 is 11.9 Å². The lowest BCUT2D eigenvalue weighted by Crippen LogP contribution is -2.37. The van der Waals surface area contributed by atoms with E-state index in [1.54, 1.807) is 26.4 Å². The fraction of sp³-hybridized carbons (Fsp3) is 0.391. The van der Waals surface area contributed by atoms with Gasteiger partial charge in [-0.15, -0.1) is 0 Å². The van der Waals surface area contributed by atoms with Gasteiger partial charge < -0.3 is 18.9 Å². The number of carbonyl (C=O) groups excluding carboxylic acids is 2. The minimum atomic E-state index is -0.572. The van der Waals surface area contributed by atoms with Crippen LogP contribution in [-0.2, 0) is 23.7 Å². The summed E-state index contributed by atoms with van der Waals surface area (Å²) in [7, 11) is 3.08. The predicted molar refractivity (Wildman–Crippen MR) is 105 cm³/mol. The number of hydrogen-bond acceptors (Lipinski definition) is 6. The van der Waals surface area contributed by atoms with E-state index in [0.29, 0.717) is 18.4 Å². The third kappa shape index (κ3) is 3.91. The van der Waals surface area contributed by atoms with Crippen LogP contribution in [0.4, 0.5) is 0 Å². The number of carbonyl (C=O) groups is 2. The predicted octanol–water partition coefficient (Wildman–Crippen LogP) is 3.45. The first-order valence-corrected chi connectivity index (χ1v) is 9.72. The number of ether oxygens (including phenoxy) is 4. The summed E-state index contributed by atoms with van der Waals surface area (Å²) in [6.45, 7) is 0. The van der Waals surface area contributed by atoms with Crippen LogP contribution in [0.25, 0.3) is 11.1 Å². The highest BCUT2D eigenvalue weighted by Crippen LogP contribution is 2.45. The molecule has 0 radical (unpaired) electrons. The molecule has 1 heterocycles. The normalized spacial score (nSPS) is 25.7. The molecule has 1 aliphatic heterocycles. The van der Waals surface area contributed by atoms with Crippen LogP contribution in [-0.4, -0.2) is 44.7 Å². The van der Waals surface area contributed by atoms with Gasteiger partial charge in [0.1, 0.15) is 12.2 Å². The van der Waals surface area contributed by atoms with Gasteiger partial charge in [0, 0.05) is 26.6 Å². The Morgan fingerprint density at radius 1 is 1.00 bits per heavy atom. The van der Waals surface area contributed by atoms with Gasteiger partial charge in [-0.05, 0) is 23.3 Å². The molecule has 4 rings (SSSR count). The lowest BCUT2D eigenvalue weighted by atomic mass is 9.91. The minimum absolute atomic E-state index is 0.0781. The van der Waals surface area contributed by atoms with E-state index in [0.717, 1.165) is 11.1 Å². The lowest BCUT2D eigenvalue weighted by molar-refractivity contribution is -0.164. The largest absolute Gasteiger partial charge is 0.462 e. The number of fused-ring (bicyclic) bond motifs is 1. The summed E-state index contributed by atoms with van der Waals surface area (Å²) in [5.41, 5.74) is 2.59. The zero-order valence-corrected chi connectivity index (χ0v) is 16.4. The molecule has 6 heteroatoms. The van der Waals surface area contributed by atoms with E-state index in [1.165, 1.54) is 0 Å². The van der Waals surface area contributed by atoms with Crippen molar-refractivity contribution in [1.29, 1.82) is 0 Å². The van der Waals surface area contributed by atoms with Crippen molar-refractivity contribution in [2.45, 2.75) is 31.3 Å². The number of methoxy groups -OCH3 is 2. The quantitative estimate of drug-likeness (QED) is 0.550. The van der Waals surface area contributed by atoms with E-state index < -0.39 is 18.4 Å². The van der Waals surface area contributed by atoms with Crippen LogP contribution in [0.2, 0.25) is 0 Å². The highest BCUT2D eigenvalue weighted by atomic mass is 16.7. The summed E-state index contributed by atoms with van der Waals surface area (Å²) in [6.07, 6.45) is -0.531. The molecule has 0 N–H and O–H groups in total. The molecular formula is C23H24O6. The number of hydrogen-bond donors (Lipinski definition) is 0. The van der Waals surface area contributed by atoms with Crippen LogP contribution < -0.4 is 0 Å². The summed E-state index contributed by atoms with van der Waals surface area (Å²) >= 11 is 0. The zero-order chi connectivity index (χ0) is 20.4. The fourth-order valence-corrected chi connectivity index (χ4v) is 4.45. The van der Waals surface area contributed by atoms with Gasteiger partial charge >= 0.3 is 11.9 Å². The first-order chi connectivity index (χ1) is 14.1. The molecule has 0 bridgehead atoms. The van der Waals surface area contributed by atoms with Crippen molar-refractivity contribution in [2.24, 2.45) is 11.8 Å². The van der Waals surface area contributed by atoms with Crippen LogP contribution in [0.15, 0.2) is 54.6 Å². The molecule has 1 saturated heterocycles. The van der Waals surface area contributed by atoms with E-state index in [2.05, 4.69) is 0 Å². The summed E-state index contributed by atoms with van der Waals surface area (Å²) in [6, 6.07) is 17.3. The van der Waals surface area contributed by atoms with Gasteiger partial charge in [0.25, 0.3) is 0 Å². The van der Waals surface area contributed by atoms with E-state index in [1.807, 2.05) is 42.5 Å². The van der Waals surface area contributed by atoms with E-state index in [4.69, 9.17) is 18.9 Å². The average Bonchev–Trinajstić information content (AvgIpc) is 3.26. The van der Waals surface area contributed by atoms with E-state index >= 15 is 0 Å². The zero-order valence-electron chi connectivity index (χ0n) is 16.4. The molecule has 2 aliphatic rings. The van der Waals surface area contributed by atoms with Crippen LogP contribution in [0.3, 0.4) is 0 Å². The summed E-state index contributed by atoms with van der Waals surface area (Å²) in [5, 5.41) is 0. The highest BCUT2D eigenvalue weighted by Gasteiger charge is 2.55. The lowest BCUT2D eigenvalue weighted by Gasteiger charge is -2.28. The minimum Gasteiger partial charge on any atom is -0.462 e. The van der Waals surface area contributed by atoms with Crippen LogP contribution in [0.5, 0.6) is 0 Å². The topological polar surface area (TPSA) is 71.1 Å². The van der Waals surface area contributed by atoms with Crippen molar-refractivity contribution in [1.82, 2.24) is 0 Å². The van der Waals surface area contributed by atoms with Crippen LogP contribution in [0.1, 0.15) is 23.2 Å². The number of benzene rings is 2. The first kappa shape index (κ1) is 19.6. The summed E-state index contributed by atoms with van der Waals surface area (Å²) < 4.78 is 22.1. The standard InChI is InChI=1S/C23H24O6/c1-26-23(27-2)21-17-12-20(24)28-18(17)13-19(21)29-22(25)16-10-8-15(9-11-16)14-6-4-3-5-7-14/h3-11,17-19,21,23H,12-13H2,1-2H3/t17-,18-,19-,21+/m0/s1. The van der Waals surface area contributed by atoms with E-state index in [-0.39, 0.29) is 23.9 Å². The Morgan fingerprint density at radius 2 is 1.66 bits per heavy atom. The summed E-state index contributed by atoms with van der Waals surface area (Å²) in [4.78, 5) is 24.5. The van der Waals surface area contributed by atoms with Gasteiger partial charge in [-0.1, -0.05) is 42.5 Å². The smallest absolute Gasteiger partial charge is 0.338 e. The molecule has 2 aromatic rings. The second-order valence-electron chi connectivity index (χ2n) is 7.44. The third-order valence-corrected chi connectivity index (χ3v) is 5.82. The number of esters is 2. The Morgan fingerprint density at radius 3 is 2.31 bits per heavy atom. The molecule has 1 saturated carbocycles. The molecule has 152 valence electrons. The van der Waals surface area contributed by atoms with Gasteiger partial charge in [0.15, 0.2) is 6.29 Å². The van der Waals surface area contributed by atoms with Crippen LogP contribution >= 0.6 is 0 Å². The van der Waals surface area contributed by atoms with Crippen LogP contribution in [0, 0.1) is 11.8 Å². The molecular weight excluding hydrogens is 372 g/mol.